The largest absolute Gasteiger partial charge is 0.494 e. The Labute approximate surface area is 189 Å². The van der Waals surface area contributed by atoms with Gasteiger partial charge in [-0.1, -0.05) is 27.7 Å². The van der Waals surface area contributed by atoms with E-state index in [9.17, 15) is 9.59 Å². The topological polar surface area (TPSA) is 79.5 Å². The lowest BCUT2D eigenvalue weighted by atomic mass is 10.1. The van der Waals surface area contributed by atoms with Crippen molar-refractivity contribution in [2.45, 2.75) is 40.5 Å². The number of hydrogen-bond donors (Lipinski definition) is 3. The maximum atomic E-state index is 12.4. The van der Waals surface area contributed by atoms with Gasteiger partial charge in [-0.3, -0.25) is 14.9 Å². The number of carbonyl (C=O) groups excluding carboxylic acids is 2. The van der Waals surface area contributed by atoms with Gasteiger partial charge in [0, 0.05) is 23.4 Å². The monoisotopic (exact) mass is 441 g/mol. The van der Waals surface area contributed by atoms with Crippen molar-refractivity contribution in [3.05, 3.63) is 54.1 Å². The summed E-state index contributed by atoms with van der Waals surface area (Å²) in [6.45, 7) is 8.94. The third-order valence-corrected chi connectivity index (χ3v) is 4.53. The number of anilines is 2. The molecule has 0 aromatic heterocycles. The highest BCUT2D eigenvalue weighted by atomic mass is 32.1. The van der Waals surface area contributed by atoms with Crippen LogP contribution in [0.4, 0.5) is 11.4 Å². The third kappa shape index (κ3) is 9.17. The lowest BCUT2D eigenvalue weighted by molar-refractivity contribution is -0.116. The fourth-order valence-corrected chi connectivity index (χ4v) is 2.88. The molecule has 31 heavy (non-hydrogen) atoms. The summed E-state index contributed by atoms with van der Waals surface area (Å²) < 4.78 is 5.67. The number of rotatable bonds is 9. The first-order chi connectivity index (χ1) is 14.7. The zero-order chi connectivity index (χ0) is 22.8. The number of nitrogens with one attached hydrogen (secondary N) is 3. The van der Waals surface area contributed by atoms with Gasteiger partial charge in [0.2, 0.25) is 5.91 Å². The van der Waals surface area contributed by atoms with Crippen LogP contribution >= 0.6 is 12.2 Å². The number of ether oxygens (including phenoxy) is 1. The molecule has 0 heterocycles. The molecule has 0 aliphatic heterocycles. The second-order valence-corrected chi connectivity index (χ2v) is 8.60. The van der Waals surface area contributed by atoms with Gasteiger partial charge in [-0.25, -0.2) is 0 Å². The molecular weight excluding hydrogens is 410 g/mol. The fraction of sp³-hybridized carbons (Fsp3) is 0.375. The van der Waals surface area contributed by atoms with Crippen molar-refractivity contribution in [1.82, 2.24) is 5.32 Å². The molecule has 166 valence electrons. The van der Waals surface area contributed by atoms with Gasteiger partial charge in [0.1, 0.15) is 5.75 Å². The summed E-state index contributed by atoms with van der Waals surface area (Å²) in [4.78, 5) is 24.2. The van der Waals surface area contributed by atoms with Crippen LogP contribution in [0.15, 0.2) is 48.5 Å². The zero-order valence-electron chi connectivity index (χ0n) is 18.5. The van der Waals surface area contributed by atoms with Gasteiger partial charge in [0.25, 0.3) is 5.91 Å². The van der Waals surface area contributed by atoms with E-state index in [1.165, 1.54) is 0 Å². The molecule has 0 spiro atoms. The Morgan fingerprint density at radius 3 is 2.00 bits per heavy atom. The Kier molecular flexibility index (Phi) is 9.46. The predicted molar refractivity (Wildman–Crippen MR) is 130 cm³/mol. The highest BCUT2D eigenvalue weighted by Crippen LogP contribution is 2.16. The molecule has 0 saturated carbocycles. The van der Waals surface area contributed by atoms with E-state index in [0.717, 1.165) is 12.2 Å². The van der Waals surface area contributed by atoms with Crippen LogP contribution < -0.4 is 20.7 Å². The molecule has 0 aliphatic rings. The van der Waals surface area contributed by atoms with Crippen LogP contribution in [0, 0.1) is 11.8 Å². The Morgan fingerprint density at radius 1 is 0.871 bits per heavy atom. The van der Waals surface area contributed by atoms with Crippen molar-refractivity contribution < 1.29 is 14.3 Å². The maximum absolute atomic E-state index is 12.4. The number of amides is 2. The van der Waals surface area contributed by atoms with Crippen LogP contribution in [0.1, 0.15) is 50.9 Å². The Hall–Kier alpha value is -2.93. The minimum Gasteiger partial charge on any atom is -0.494 e. The summed E-state index contributed by atoms with van der Waals surface area (Å²) in [5.41, 5.74) is 1.91. The highest BCUT2D eigenvalue weighted by Gasteiger charge is 2.09. The van der Waals surface area contributed by atoms with E-state index >= 15 is 0 Å². The number of benzene rings is 2. The molecule has 0 radical (unpaired) electrons. The second kappa shape index (κ2) is 12.1. The fourth-order valence-electron chi connectivity index (χ4n) is 2.67. The van der Waals surface area contributed by atoms with E-state index in [1.807, 2.05) is 13.8 Å². The second-order valence-electron chi connectivity index (χ2n) is 8.19. The third-order valence-electron chi connectivity index (χ3n) is 4.33. The van der Waals surface area contributed by atoms with Gasteiger partial charge in [-0.05, 0) is 79.0 Å². The van der Waals surface area contributed by atoms with E-state index in [0.29, 0.717) is 41.8 Å². The average molecular weight is 442 g/mol. The van der Waals surface area contributed by atoms with Crippen molar-refractivity contribution in [2.75, 3.05) is 17.2 Å². The van der Waals surface area contributed by atoms with E-state index in [4.69, 9.17) is 17.0 Å². The average Bonchev–Trinajstić information content (AvgIpc) is 2.69. The standard InChI is InChI=1S/C24H31N3O3S/c1-16(2)13-14-30-21-11-5-18(6-12-21)23(29)27-24(31)26-20-9-7-19(8-10-20)25-22(28)15-17(3)4/h5-12,16-17H,13-15H2,1-4H3,(H,25,28)(H2,26,27,29,31). The van der Waals surface area contributed by atoms with Gasteiger partial charge in [-0.2, -0.15) is 0 Å². The first-order valence-electron chi connectivity index (χ1n) is 10.5. The summed E-state index contributed by atoms with van der Waals surface area (Å²) in [5, 5.41) is 8.67. The lowest BCUT2D eigenvalue weighted by Gasteiger charge is -2.12. The smallest absolute Gasteiger partial charge is 0.257 e. The van der Waals surface area contributed by atoms with Crippen molar-refractivity contribution in [2.24, 2.45) is 11.8 Å². The Balaban J connectivity index is 1.82. The molecular formula is C24H31N3O3S. The van der Waals surface area contributed by atoms with E-state index in [2.05, 4.69) is 29.8 Å². The number of hydrogen-bond acceptors (Lipinski definition) is 4. The van der Waals surface area contributed by atoms with Crippen LogP contribution in [-0.4, -0.2) is 23.5 Å². The minimum absolute atomic E-state index is 0.0187. The first-order valence-corrected chi connectivity index (χ1v) is 10.9. The van der Waals surface area contributed by atoms with Crippen molar-refractivity contribution in [1.29, 1.82) is 0 Å². The van der Waals surface area contributed by atoms with Crippen LogP contribution in [-0.2, 0) is 4.79 Å². The van der Waals surface area contributed by atoms with Gasteiger partial charge in [0.15, 0.2) is 5.11 Å². The minimum atomic E-state index is -0.302. The molecule has 0 atom stereocenters. The highest BCUT2D eigenvalue weighted by molar-refractivity contribution is 7.80. The van der Waals surface area contributed by atoms with Crippen LogP contribution in [0.5, 0.6) is 5.75 Å². The first kappa shape index (κ1) is 24.3. The van der Waals surface area contributed by atoms with Gasteiger partial charge in [-0.15, -0.1) is 0 Å². The lowest BCUT2D eigenvalue weighted by Crippen LogP contribution is -2.34. The SMILES string of the molecule is CC(C)CCOc1ccc(C(=O)NC(=S)Nc2ccc(NC(=O)CC(C)C)cc2)cc1. The Morgan fingerprint density at radius 2 is 1.45 bits per heavy atom. The molecule has 7 heteroatoms. The summed E-state index contributed by atoms with van der Waals surface area (Å²) in [7, 11) is 0. The molecule has 0 fully saturated rings. The molecule has 0 aliphatic carbocycles. The van der Waals surface area contributed by atoms with Crippen molar-refractivity contribution in [3.8, 4) is 5.75 Å². The van der Waals surface area contributed by atoms with Crippen LogP contribution in [0.3, 0.4) is 0 Å². The molecule has 6 nitrogen and oxygen atoms in total. The summed E-state index contributed by atoms with van der Waals surface area (Å²) >= 11 is 5.23. The van der Waals surface area contributed by atoms with E-state index < -0.39 is 0 Å². The normalized spacial score (nSPS) is 10.6. The summed E-state index contributed by atoms with van der Waals surface area (Å²) in [6, 6.07) is 14.1. The molecule has 2 rings (SSSR count). The van der Waals surface area contributed by atoms with Crippen LogP contribution in [0.2, 0.25) is 0 Å². The van der Waals surface area contributed by atoms with Crippen molar-refractivity contribution >= 4 is 40.5 Å². The van der Waals surface area contributed by atoms with E-state index in [-0.39, 0.29) is 16.9 Å². The van der Waals surface area contributed by atoms with Gasteiger partial charge >= 0.3 is 0 Å². The van der Waals surface area contributed by atoms with Gasteiger partial charge < -0.3 is 15.4 Å². The molecule has 2 amide bonds. The molecule has 0 saturated heterocycles. The molecule has 2 aromatic rings. The molecule has 0 unspecified atom stereocenters. The van der Waals surface area contributed by atoms with E-state index in [1.54, 1.807) is 48.5 Å². The predicted octanol–water partition coefficient (Wildman–Crippen LogP) is 5.22. The Bertz CT molecular complexity index is 878. The number of thiocarbonyl (C=S) groups is 1. The molecule has 0 bridgehead atoms. The molecule has 2 aromatic carbocycles. The van der Waals surface area contributed by atoms with Gasteiger partial charge in [0.05, 0.1) is 6.61 Å². The molecule has 3 N–H and O–H groups in total. The van der Waals surface area contributed by atoms with Crippen molar-refractivity contribution in [3.63, 3.8) is 0 Å². The maximum Gasteiger partial charge on any atom is 0.257 e. The summed E-state index contributed by atoms with van der Waals surface area (Å²) in [6.07, 6.45) is 1.45. The zero-order valence-corrected chi connectivity index (χ0v) is 19.3. The quantitative estimate of drug-likeness (QED) is 0.465. The number of carbonyl (C=O) groups is 2. The van der Waals surface area contributed by atoms with Crippen LogP contribution in [0.25, 0.3) is 0 Å². The summed E-state index contributed by atoms with van der Waals surface area (Å²) in [5.74, 6) is 1.30.